The summed E-state index contributed by atoms with van der Waals surface area (Å²) in [5.41, 5.74) is 0.110. The smallest absolute Gasteiger partial charge is 0.315 e. The summed E-state index contributed by atoms with van der Waals surface area (Å²) in [6, 6.07) is 4.39. The van der Waals surface area contributed by atoms with E-state index in [0.717, 1.165) is 0 Å². The molecule has 0 aliphatic rings. The highest BCUT2D eigenvalue weighted by Crippen LogP contribution is 2.16. The molecule has 0 radical (unpaired) electrons. The fourth-order valence-corrected chi connectivity index (χ4v) is 0.990. The first kappa shape index (κ1) is 10.6. The molecule has 1 aromatic carbocycles. The third kappa shape index (κ3) is 2.75. The molecule has 1 N–H and O–H groups in total. The van der Waals surface area contributed by atoms with Gasteiger partial charge in [-0.25, -0.2) is 4.39 Å². The summed E-state index contributed by atoms with van der Waals surface area (Å²) in [5.74, 6) is 3.06. The van der Waals surface area contributed by atoms with Crippen LogP contribution in [0.4, 0.5) is 4.39 Å². The number of carboxylic acid groups (broad SMARTS) is 1. The molecule has 14 heavy (non-hydrogen) atoms. The molecule has 0 unspecified atom stereocenters. The lowest BCUT2D eigenvalue weighted by atomic mass is 10.2. The van der Waals surface area contributed by atoms with Crippen molar-refractivity contribution in [2.45, 2.75) is 6.42 Å². The number of rotatable bonds is 1. The molecule has 0 bridgehead atoms. The summed E-state index contributed by atoms with van der Waals surface area (Å²) >= 11 is 5.50. The van der Waals surface area contributed by atoms with Gasteiger partial charge in [0.2, 0.25) is 0 Å². The molecule has 0 fully saturated rings. The van der Waals surface area contributed by atoms with Crippen LogP contribution in [0.25, 0.3) is 0 Å². The quantitative estimate of drug-likeness (QED) is 0.726. The Kier molecular flexibility index (Phi) is 3.49. The van der Waals surface area contributed by atoms with E-state index in [1.807, 2.05) is 0 Å². The highest BCUT2D eigenvalue weighted by Gasteiger charge is 2.02. The van der Waals surface area contributed by atoms with Crippen LogP contribution in [0.1, 0.15) is 12.0 Å². The average molecular weight is 213 g/mol. The molecule has 0 saturated carbocycles. The maximum Gasteiger partial charge on any atom is 0.315 e. The normalized spacial score (nSPS) is 9.00. The van der Waals surface area contributed by atoms with E-state index in [2.05, 4.69) is 11.8 Å². The molecular weight excluding hydrogens is 207 g/mol. The van der Waals surface area contributed by atoms with Crippen LogP contribution in [0.15, 0.2) is 18.2 Å². The summed E-state index contributed by atoms with van der Waals surface area (Å²) in [5, 5.41) is 8.27. The fraction of sp³-hybridized carbons (Fsp3) is 0.100. The zero-order valence-corrected chi connectivity index (χ0v) is 7.81. The van der Waals surface area contributed by atoms with E-state index in [-0.39, 0.29) is 17.0 Å². The lowest BCUT2D eigenvalue weighted by Gasteiger charge is -1.95. The van der Waals surface area contributed by atoms with E-state index < -0.39 is 11.8 Å². The molecule has 72 valence electrons. The first-order chi connectivity index (χ1) is 6.61. The molecule has 0 aromatic heterocycles. The first-order valence-electron chi connectivity index (χ1n) is 3.76. The molecular formula is C10H6ClFO2. The van der Waals surface area contributed by atoms with Crippen molar-refractivity contribution < 1.29 is 14.3 Å². The van der Waals surface area contributed by atoms with Crippen molar-refractivity contribution in [2.75, 3.05) is 0 Å². The summed E-state index contributed by atoms with van der Waals surface area (Å²) in [6.07, 6.45) is -0.314. The highest BCUT2D eigenvalue weighted by molar-refractivity contribution is 6.30. The third-order valence-electron chi connectivity index (χ3n) is 1.41. The lowest BCUT2D eigenvalue weighted by molar-refractivity contribution is -0.135. The van der Waals surface area contributed by atoms with E-state index in [0.29, 0.717) is 0 Å². The van der Waals surface area contributed by atoms with Crippen LogP contribution < -0.4 is 0 Å². The van der Waals surface area contributed by atoms with Crippen LogP contribution in [-0.4, -0.2) is 11.1 Å². The second kappa shape index (κ2) is 4.64. The van der Waals surface area contributed by atoms with Crippen molar-refractivity contribution in [3.63, 3.8) is 0 Å². The number of halogens is 2. The molecule has 0 spiro atoms. The fourth-order valence-electron chi connectivity index (χ4n) is 0.815. The Morgan fingerprint density at radius 3 is 2.93 bits per heavy atom. The molecule has 0 heterocycles. The molecule has 0 atom stereocenters. The van der Waals surface area contributed by atoms with Crippen LogP contribution >= 0.6 is 11.6 Å². The van der Waals surface area contributed by atoms with E-state index in [1.165, 1.54) is 12.1 Å². The Bertz CT molecular complexity index is 418. The van der Waals surface area contributed by atoms with Crippen molar-refractivity contribution in [2.24, 2.45) is 0 Å². The second-order valence-corrected chi connectivity index (χ2v) is 2.88. The van der Waals surface area contributed by atoms with Gasteiger partial charge in [-0.15, -0.1) is 0 Å². The van der Waals surface area contributed by atoms with Gasteiger partial charge in [0.15, 0.2) is 5.82 Å². The van der Waals surface area contributed by atoms with Crippen molar-refractivity contribution in [3.8, 4) is 11.8 Å². The minimum atomic E-state index is -1.04. The summed E-state index contributed by atoms with van der Waals surface area (Å²) in [4.78, 5) is 10.1. The van der Waals surface area contributed by atoms with E-state index >= 15 is 0 Å². The summed E-state index contributed by atoms with van der Waals surface area (Å²) in [6.45, 7) is 0. The average Bonchev–Trinajstić information content (AvgIpc) is 2.12. The zero-order valence-electron chi connectivity index (χ0n) is 7.05. The van der Waals surface area contributed by atoms with Gasteiger partial charge in [0.1, 0.15) is 6.42 Å². The van der Waals surface area contributed by atoms with Gasteiger partial charge in [-0.05, 0) is 12.1 Å². The number of hydrogen-bond acceptors (Lipinski definition) is 1. The van der Waals surface area contributed by atoms with Crippen molar-refractivity contribution in [3.05, 3.63) is 34.6 Å². The molecule has 0 amide bonds. The van der Waals surface area contributed by atoms with Crippen LogP contribution in [-0.2, 0) is 4.79 Å². The predicted molar refractivity (Wildman–Crippen MR) is 50.5 cm³/mol. The SMILES string of the molecule is O=C(O)CC#Cc1cccc(Cl)c1F. The minimum Gasteiger partial charge on any atom is -0.481 e. The van der Waals surface area contributed by atoms with E-state index in [4.69, 9.17) is 16.7 Å². The molecule has 2 nitrogen and oxygen atoms in total. The molecule has 4 heteroatoms. The first-order valence-corrected chi connectivity index (χ1v) is 4.13. The van der Waals surface area contributed by atoms with Crippen LogP contribution in [0.5, 0.6) is 0 Å². The van der Waals surface area contributed by atoms with Gasteiger partial charge in [-0.3, -0.25) is 4.79 Å². The van der Waals surface area contributed by atoms with Crippen LogP contribution in [0.2, 0.25) is 5.02 Å². The Labute approximate surface area is 85.3 Å². The van der Waals surface area contributed by atoms with Gasteiger partial charge in [-0.1, -0.05) is 29.5 Å². The predicted octanol–water partition coefficient (Wildman–Crippen LogP) is 2.31. The zero-order chi connectivity index (χ0) is 10.6. The number of carbonyl (C=O) groups is 1. The van der Waals surface area contributed by atoms with Gasteiger partial charge in [0.05, 0.1) is 10.6 Å². The molecule has 0 aliphatic carbocycles. The molecule has 1 rings (SSSR count). The Morgan fingerprint density at radius 1 is 1.57 bits per heavy atom. The van der Waals surface area contributed by atoms with E-state index in [1.54, 1.807) is 6.07 Å². The van der Waals surface area contributed by atoms with Crippen LogP contribution in [0, 0.1) is 17.7 Å². The summed E-state index contributed by atoms with van der Waals surface area (Å²) < 4.78 is 13.1. The van der Waals surface area contributed by atoms with Gasteiger partial charge in [-0.2, -0.15) is 0 Å². The van der Waals surface area contributed by atoms with Crippen molar-refractivity contribution in [1.82, 2.24) is 0 Å². The Hall–Kier alpha value is -1.53. The van der Waals surface area contributed by atoms with Gasteiger partial charge < -0.3 is 5.11 Å². The van der Waals surface area contributed by atoms with Crippen molar-refractivity contribution >= 4 is 17.6 Å². The van der Waals surface area contributed by atoms with E-state index in [9.17, 15) is 9.18 Å². The molecule has 0 saturated heterocycles. The van der Waals surface area contributed by atoms with Gasteiger partial charge in [0.25, 0.3) is 0 Å². The number of hydrogen-bond donors (Lipinski definition) is 1. The van der Waals surface area contributed by atoms with Crippen molar-refractivity contribution in [1.29, 1.82) is 0 Å². The van der Waals surface area contributed by atoms with Gasteiger partial charge >= 0.3 is 5.97 Å². The summed E-state index contributed by atoms with van der Waals surface area (Å²) in [7, 11) is 0. The third-order valence-corrected chi connectivity index (χ3v) is 1.71. The topological polar surface area (TPSA) is 37.3 Å². The highest BCUT2D eigenvalue weighted by atomic mass is 35.5. The monoisotopic (exact) mass is 212 g/mol. The largest absolute Gasteiger partial charge is 0.481 e. The maximum atomic E-state index is 13.1. The number of carboxylic acids is 1. The molecule has 0 aliphatic heterocycles. The van der Waals surface area contributed by atoms with Gasteiger partial charge in [0, 0.05) is 0 Å². The number of aliphatic carboxylic acids is 1. The maximum absolute atomic E-state index is 13.1. The lowest BCUT2D eigenvalue weighted by Crippen LogP contribution is -1.91. The second-order valence-electron chi connectivity index (χ2n) is 2.47. The molecule has 1 aromatic rings. The standard InChI is InChI=1S/C10H6ClFO2/c11-8-5-1-3-7(10(8)12)4-2-6-9(13)14/h1,3,5H,6H2,(H,13,14). The number of benzene rings is 1. The minimum absolute atomic E-state index is 0.0212. The Morgan fingerprint density at radius 2 is 2.29 bits per heavy atom. The Balaban J connectivity index is 2.90. The van der Waals surface area contributed by atoms with Crippen LogP contribution in [0.3, 0.4) is 0 Å².